The van der Waals surface area contributed by atoms with Gasteiger partial charge in [-0.1, -0.05) is 11.6 Å². The minimum absolute atomic E-state index is 0.0242. The number of carboxylic acids is 1. The zero-order valence-electron chi connectivity index (χ0n) is 14.2. The Kier molecular flexibility index (Phi) is 4.24. The number of hydrogen-bond donors (Lipinski definition) is 0. The predicted octanol–water partition coefficient (Wildman–Crippen LogP) is 0.912. The summed E-state index contributed by atoms with van der Waals surface area (Å²) in [5.41, 5.74) is 1.09. The van der Waals surface area contributed by atoms with Crippen molar-refractivity contribution in [2.45, 2.75) is 6.92 Å². The first-order valence-corrected chi connectivity index (χ1v) is 8.23. The quantitative estimate of drug-likeness (QED) is 0.593. The van der Waals surface area contributed by atoms with Crippen LogP contribution in [0.3, 0.4) is 0 Å². The molecule has 0 atom stereocenters. The summed E-state index contributed by atoms with van der Waals surface area (Å²) >= 11 is 5.85. The summed E-state index contributed by atoms with van der Waals surface area (Å²) in [5, 5.41) is 30.2. The number of carbonyl (C=O) groups excluding carboxylic acids is 2. The molecular formula is C17H9ClN6O4-2. The van der Waals surface area contributed by atoms with Gasteiger partial charge in [0.15, 0.2) is 0 Å². The van der Waals surface area contributed by atoms with Crippen molar-refractivity contribution in [1.29, 1.82) is 0 Å². The van der Waals surface area contributed by atoms with E-state index in [1.165, 1.54) is 18.2 Å². The summed E-state index contributed by atoms with van der Waals surface area (Å²) < 4.78 is 5.71. The van der Waals surface area contributed by atoms with Crippen LogP contribution < -0.4 is 15.2 Å². The molecule has 140 valence electrons. The fourth-order valence-corrected chi connectivity index (χ4v) is 2.80. The molecule has 0 fully saturated rings. The molecular weight excluding hydrogens is 388 g/mol. The molecule has 0 spiro atoms. The topological polar surface area (TPSA) is 139 Å². The Balaban J connectivity index is 1.64. The van der Waals surface area contributed by atoms with Crippen LogP contribution in [0.4, 0.5) is 5.95 Å². The van der Waals surface area contributed by atoms with Crippen LogP contribution in [0.1, 0.15) is 23.0 Å². The first kappa shape index (κ1) is 17.6. The molecule has 0 unspecified atom stereocenters. The number of halogens is 1. The lowest BCUT2D eigenvalue weighted by Crippen LogP contribution is -2.22. The molecule has 0 saturated heterocycles. The van der Waals surface area contributed by atoms with Gasteiger partial charge in [-0.05, 0) is 43.3 Å². The van der Waals surface area contributed by atoms with Crippen molar-refractivity contribution in [2.24, 2.45) is 5.10 Å². The van der Waals surface area contributed by atoms with E-state index >= 15 is 0 Å². The lowest BCUT2D eigenvalue weighted by molar-refractivity contribution is -0.255. The fourth-order valence-electron chi connectivity index (χ4n) is 2.61. The number of aromatic nitrogens is 4. The van der Waals surface area contributed by atoms with Crippen LogP contribution in [0.5, 0.6) is 0 Å². The van der Waals surface area contributed by atoms with Crippen LogP contribution >= 0.6 is 11.6 Å². The van der Waals surface area contributed by atoms with Crippen LogP contribution in [0.15, 0.2) is 45.4 Å². The second-order valence-electron chi connectivity index (χ2n) is 5.72. The van der Waals surface area contributed by atoms with E-state index in [2.05, 4.69) is 25.7 Å². The molecule has 1 aliphatic heterocycles. The zero-order chi connectivity index (χ0) is 19.8. The highest BCUT2D eigenvalue weighted by atomic mass is 35.5. The number of tetrazole rings is 1. The third kappa shape index (κ3) is 3.05. The lowest BCUT2D eigenvalue weighted by atomic mass is 10.1. The number of furan rings is 1. The van der Waals surface area contributed by atoms with E-state index in [4.69, 9.17) is 16.0 Å². The number of hydrazone groups is 1. The van der Waals surface area contributed by atoms with Crippen LogP contribution in [0.25, 0.3) is 17.4 Å². The largest absolute Gasteiger partial charge is 0.545 e. The van der Waals surface area contributed by atoms with Gasteiger partial charge in [0, 0.05) is 16.1 Å². The molecule has 3 aromatic rings. The molecule has 0 bridgehead atoms. The molecule has 0 radical (unpaired) electrons. The summed E-state index contributed by atoms with van der Waals surface area (Å²) in [5.74, 6) is -1.09. The molecule has 1 aliphatic rings. The van der Waals surface area contributed by atoms with E-state index in [1.807, 2.05) is 0 Å². The van der Waals surface area contributed by atoms with Crippen molar-refractivity contribution in [3.05, 3.63) is 52.3 Å². The van der Waals surface area contributed by atoms with E-state index in [1.54, 1.807) is 25.1 Å². The van der Waals surface area contributed by atoms with E-state index in [0.29, 0.717) is 22.8 Å². The second kappa shape index (κ2) is 6.74. The Labute approximate surface area is 162 Å². The Hall–Kier alpha value is -3.79. The highest BCUT2D eigenvalue weighted by molar-refractivity contribution is 6.33. The molecule has 1 amide bonds. The molecule has 0 saturated carbocycles. The summed E-state index contributed by atoms with van der Waals surface area (Å²) in [6.45, 7) is 1.66. The maximum absolute atomic E-state index is 12.5. The van der Waals surface area contributed by atoms with Gasteiger partial charge < -0.3 is 14.3 Å². The van der Waals surface area contributed by atoms with Gasteiger partial charge in [0.25, 0.3) is 0 Å². The van der Waals surface area contributed by atoms with Crippen molar-refractivity contribution < 1.29 is 19.1 Å². The molecule has 0 aliphatic carbocycles. The number of aromatic carboxylic acids is 1. The first-order valence-electron chi connectivity index (χ1n) is 7.85. The molecule has 28 heavy (non-hydrogen) atoms. The van der Waals surface area contributed by atoms with Crippen molar-refractivity contribution >= 4 is 41.2 Å². The monoisotopic (exact) mass is 396 g/mol. The number of carbonyl (C=O) groups is 2. The lowest BCUT2D eigenvalue weighted by Gasteiger charge is -2.12. The molecule has 1 aromatic carbocycles. The van der Waals surface area contributed by atoms with Crippen molar-refractivity contribution in [2.75, 3.05) is 5.01 Å². The third-order valence-electron chi connectivity index (χ3n) is 3.94. The molecule has 4 rings (SSSR count). The normalized spacial score (nSPS) is 15.4. The van der Waals surface area contributed by atoms with E-state index in [-0.39, 0.29) is 22.1 Å². The van der Waals surface area contributed by atoms with Gasteiger partial charge in [-0.25, -0.2) is 15.2 Å². The predicted molar refractivity (Wildman–Crippen MR) is 95.2 cm³/mol. The standard InChI is InChI=1S/C17H11ClN6O4/c1-8-11(15(25)24(21-8)17-19-22-23-20-17)7-10-3-5-14(28-10)9-2-4-13(18)12(6-9)16(26)27/h2-7H,1H3,(H2,19,20,22,23,26,27)/p-2/b11-7-. The Morgan fingerprint density at radius 3 is 2.86 bits per heavy atom. The van der Waals surface area contributed by atoms with Gasteiger partial charge in [0.05, 0.1) is 17.3 Å². The molecule has 3 heterocycles. The van der Waals surface area contributed by atoms with Crippen LogP contribution in [-0.4, -0.2) is 33.1 Å². The average molecular weight is 397 g/mol. The van der Waals surface area contributed by atoms with Gasteiger partial charge in [0.1, 0.15) is 17.5 Å². The van der Waals surface area contributed by atoms with Crippen LogP contribution in [0.2, 0.25) is 5.02 Å². The van der Waals surface area contributed by atoms with E-state index in [9.17, 15) is 14.7 Å². The van der Waals surface area contributed by atoms with Gasteiger partial charge >= 0.3 is 0 Å². The minimum atomic E-state index is -1.39. The minimum Gasteiger partial charge on any atom is -0.545 e. The summed E-state index contributed by atoms with van der Waals surface area (Å²) in [6.07, 6.45) is 1.52. The number of hydrogen-bond acceptors (Lipinski definition) is 8. The van der Waals surface area contributed by atoms with Crippen LogP contribution in [0, 0.1) is 0 Å². The molecule has 11 heteroatoms. The Bertz CT molecular complexity index is 1150. The Morgan fingerprint density at radius 2 is 2.14 bits per heavy atom. The zero-order valence-corrected chi connectivity index (χ0v) is 14.9. The summed E-state index contributed by atoms with van der Waals surface area (Å²) in [7, 11) is 0. The smallest absolute Gasteiger partial charge is 0.239 e. The van der Waals surface area contributed by atoms with Gasteiger partial charge in [-0.15, -0.1) is 5.21 Å². The SMILES string of the molecule is CC1=NN(c2nnn[n-]2)C(=O)/C1=C\c1ccc(-c2ccc(Cl)c(C(=O)[O-])c2)o1. The molecule has 0 N–H and O–H groups in total. The average Bonchev–Trinajstić information content (AvgIpc) is 3.39. The van der Waals surface area contributed by atoms with Crippen molar-refractivity contribution in [3.8, 4) is 11.3 Å². The van der Waals surface area contributed by atoms with Gasteiger partial charge in [-0.3, -0.25) is 9.89 Å². The van der Waals surface area contributed by atoms with E-state index in [0.717, 1.165) is 5.01 Å². The number of anilines is 1. The fraction of sp³-hybridized carbons (Fsp3) is 0.0588. The summed E-state index contributed by atoms with van der Waals surface area (Å²) in [4.78, 5) is 23.7. The number of benzene rings is 1. The molecule has 10 nitrogen and oxygen atoms in total. The number of nitrogens with zero attached hydrogens (tertiary/aromatic N) is 6. The highest BCUT2D eigenvalue weighted by Gasteiger charge is 2.26. The Morgan fingerprint density at radius 1 is 1.32 bits per heavy atom. The van der Waals surface area contributed by atoms with E-state index < -0.39 is 11.9 Å². The second-order valence-corrected chi connectivity index (χ2v) is 6.13. The van der Waals surface area contributed by atoms with Gasteiger partial charge in [0.2, 0.25) is 5.91 Å². The summed E-state index contributed by atoms with van der Waals surface area (Å²) in [6, 6.07) is 7.70. The maximum Gasteiger partial charge on any atom is 0.239 e. The first-order chi connectivity index (χ1) is 13.4. The van der Waals surface area contributed by atoms with Gasteiger partial charge in [-0.2, -0.15) is 5.21 Å². The van der Waals surface area contributed by atoms with Crippen molar-refractivity contribution in [1.82, 2.24) is 20.6 Å². The molecule has 2 aromatic heterocycles. The number of carboxylic acid groups (broad SMARTS) is 1. The van der Waals surface area contributed by atoms with Crippen LogP contribution in [-0.2, 0) is 4.79 Å². The number of rotatable bonds is 4. The highest BCUT2D eigenvalue weighted by Crippen LogP contribution is 2.28. The third-order valence-corrected chi connectivity index (χ3v) is 4.27. The van der Waals surface area contributed by atoms with Crippen molar-refractivity contribution in [3.63, 3.8) is 0 Å². The maximum atomic E-state index is 12.5. The number of amides is 1.